The lowest BCUT2D eigenvalue weighted by molar-refractivity contribution is -0.138. The predicted octanol–water partition coefficient (Wildman–Crippen LogP) is 3.64. The Morgan fingerprint density at radius 3 is 2.47 bits per heavy atom. The molecule has 0 amide bonds. The Bertz CT molecular complexity index is 409. The summed E-state index contributed by atoms with van der Waals surface area (Å²) in [6.07, 6.45) is -2.18. The fraction of sp³-hybridized carbons (Fsp3) is 0.500. The summed E-state index contributed by atoms with van der Waals surface area (Å²) in [5, 5.41) is 0. The van der Waals surface area contributed by atoms with Crippen LogP contribution < -0.4 is 5.73 Å². The third-order valence-electron chi connectivity index (χ3n) is 3.01. The maximum absolute atomic E-state index is 13.5. The van der Waals surface area contributed by atoms with E-state index in [-0.39, 0.29) is 0 Å². The van der Waals surface area contributed by atoms with Gasteiger partial charge in [-0.3, -0.25) is 0 Å². The molecule has 1 aliphatic carbocycles. The Morgan fingerprint density at radius 2 is 1.94 bits per heavy atom. The van der Waals surface area contributed by atoms with Gasteiger partial charge in [0.1, 0.15) is 5.82 Å². The fourth-order valence-corrected chi connectivity index (χ4v) is 1.99. The molecule has 1 saturated carbocycles. The summed E-state index contributed by atoms with van der Waals surface area (Å²) < 4.78 is 51.7. The summed E-state index contributed by atoms with van der Waals surface area (Å²) in [4.78, 5) is 0. The summed E-state index contributed by atoms with van der Waals surface area (Å²) in [6, 6.07) is 2.09. The number of alkyl halides is 3. The van der Waals surface area contributed by atoms with E-state index in [9.17, 15) is 17.6 Å². The van der Waals surface area contributed by atoms with E-state index in [1.165, 1.54) is 0 Å². The van der Waals surface area contributed by atoms with Gasteiger partial charge >= 0.3 is 6.18 Å². The zero-order valence-corrected chi connectivity index (χ0v) is 9.10. The maximum Gasteiger partial charge on any atom is 0.416 e. The summed E-state index contributed by atoms with van der Waals surface area (Å²) >= 11 is 0. The van der Waals surface area contributed by atoms with Crippen LogP contribution in [0.5, 0.6) is 0 Å². The van der Waals surface area contributed by atoms with Gasteiger partial charge in [-0.05, 0) is 24.5 Å². The molecule has 2 N–H and O–H groups in total. The molecule has 1 aliphatic rings. The van der Waals surface area contributed by atoms with E-state index in [0.29, 0.717) is 12.3 Å². The Balaban J connectivity index is 2.35. The lowest BCUT2D eigenvalue weighted by Crippen LogP contribution is -2.19. The van der Waals surface area contributed by atoms with Gasteiger partial charge in [0, 0.05) is 11.6 Å². The molecular formula is C12H13F4N. The van der Waals surface area contributed by atoms with Crippen molar-refractivity contribution in [2.45, 2.75) is 31.5 Å². The van der Waals surface area contributed by atoms with E-state index in [1.54, 1.807) is 0 Å². The first-order valence-electron chi connectivity index (χ1n) is 5.50. The van der Waals surface area contributed by atoms with Crippen LogP contribution >= 0.6 is 0 Å². The third-order valence-corrected chi connectivity index (χ3v) is 3.01. The number of benzene rings is 1. The molecule has 1 nitrogen and oxygen atoms in total. The van der Waals surface area contributed by atoms with Crippen molar-refractivity contribution in [1.29, 1.82) is 0 Å². The van der Waals surface area contributed by atoms with Crippen molar-refractivity contribution in [3.8, 4) is 0 Å². The zero-order chi connectivity index (χ0) is 12.6. The highest BCUT2D eigenvalue weighted by molar-refractivity contribution is 5.33. The van der Waals surface area contributed by atoms with Crippen molar-refractivity contribution in [1.82, 2.24) is 0 Å². The predicted molar refractivity (Wildman–Crippen MR) is 55.7 cm³/mol. The minimum Gasteiger partial charge on any atom is -0.324 e. The molecule has 1 fully saturated rings. The summed E-state index contributed by atoms with van der Waals surface area (Å²) in [5.41, 5.74) is 4.34. The lowest BCUT2D eigenvalue weighted by Gasteiger charge is -2.18. The van der Waals surface area contributed by atoms with Gasteiger partial charge in [0.05, 0.1) is 5.56 Å². The van der Waals surface area contributed by atoms with Gasteiger partial charge in [0.25, 0.3) is 0 Å². The first kappa shape index (κ1) is 12.4. The molecular weight excluding hydrogens is 234 g/mol. The number of hydrogen-bond acceptors (Lipinski definition) is 1. The average molecular weight is 247 g/mol. The minimum atomic E-state index is -4.56. The van der Waals surface area contributed by atoms with E-state index < -0.39 is 29.2 Å². The quantitative estimate of drug-likeness (QED) is 0.811. The maximum atomic E-state index is 13.5. The van der Waals surface area contributed by atoms with E-state index in [0.717, 1.165) is 31.0 Å². The smallest absolute Gasteiger partial charge is 0.324 e. The van der Waals surface area contributed by atoms with Gasteiger partial charge in [-0.1, -0.05) is 18.9 Å². The second kappa shape index (κ2) is 4.29. The molecule has 0 spiro atoms. The van der Waals surface area contributed by atoms with Crippen molar-refractivity contribution in [2.75, 3.05) is 0 Å². The molecule has 0 heterocycles. The first-order valence-corrected chi connectivity index (χ1v) is 5.50. The SMILES string of the molecule is N[C@@H](CC1CC1)c1c(F)cccc1C(F)(F)F. The molecule has 94 valence electrons. The van der Waals surface area contributed by atoms with Crippen LogP contribution in [0.25, 0.3) is 0 Å². The van der Waals surface area contributed by atoms with Gasteiger partial charge < -0.3 is 5.73 Å². The molecule has 0 radical (unpaired) electrons. The standard InChI is InChI=1S/C12H13F4N/c13-9-3-1-2-8(12(14,15)16)11(9)10(17)6-7-4-5-7/h1-3,7,10H,4-6,17H2/t10-/m0/s1. The molecule has 17 heavy (non-hydrogen) atoms. The fourth-order valence-electron chi connectivity index (χ4n) is 1.99. The van der Waals surface area contributed by atoms with Crippen molar-refractivity contribution in [3.63, 3.8) is 0 Å². The number of rotatable bonds is 3. The molecule has 0 unspecified atom stereocenters. The number of halogens is 4. The largest absolute Gasteiger partial charge is 0.416 e. The molecule has 0 aromatic heterocycles. The van der Waals surface area contributed by atoms with Crippen LogP contribution in [0.15, 0.2) is 18.2 Å². The summed E-state index contributed by atoms with van der Waals surface area (Å²) in [5.74, 6) is -0.515. The molecule has 1 aromatic carbocycles. The van der Waals surface area contributed by atoms with Gasteiger partial charge in [-0.25, -0.2) is 4.39 Å². The third kappa shape index (κ3) is 2.77. The van der Waals surface area contributed by atoms with Gasteiger partial charge in [0.2, 0.25) is 0 Å². The Hall–Kier alpha value is -1.10. The van der Waals surface area contributed by atoms with Crippen LogP contribution in [0.4, 0.5) is 17.6 Å². The molecule has 2 rings (SSSR count). The van der Waals surface area contributed by atoms with Crippen LogP contribution in [-0.4, -0.2) is 0 Å². The molecule has 5 heteroatoms. The minimum absolute atomic E-state index is 0.352. The van der Waals surface area contributed by atoms with E-state index in [4.69, 9.17) is 5.73 Å². The zero-order valence-electron chi connectivity index (χ0n) is 9.10. The van der Waals surface area contributed by atoms with E-state index >= 15 is 0 Å². The second-order valence-corrected chi connectivity index (χ2v) is 4.48. The molecule has 1 atom stereocenters. The molecule has 0 aliphatic heterocycles. The lowest BCUT2D eigenvalue weighted by atomic mass is 9.96. The van der Waals surface area contributed by atoms with E-state index in [1.807, 2.05) is 0 Å². The Labute approximate surface area is 96.6 Å². The van der Waals surface area contributed by atoms with Crippen molar-refractivity contribution in [2.24, 2.45) is 11.7 Å². The van der Waals surface area contributed by atoms with Crippen LogP contribution in [0.1, 0.15) is 36.4 Å². The summed E-state index contributed by atoms with van der Waals surface area (Å²) in [7, 11) is 0. The molecule has 0 bridgehead atoms. The monoisotopic (exact) mass is 247 g/mol. The Kier molecular flexibility index (Phi) is 3.12. The van der Waals surface area contributed by atoms with Crippen molar-refractivity contribution < 1.29 is 17.6 Å². The highest BCUT2D eigenvalue weighted by Gasteiger charge is 2.37. The normalized spacial score (nSPS) is 18.2. The highest BCUT2D eigenvalue weighted by Crippen LogP contribution is 2.41. The average Bonchev–Trinajstić information content (AvgIpc) is 2.99. The van der Waals surface area contributed by atoms with Crippen LogP contribution in [0, 0.1) is 11.7 Å². The second-order valence-electron chi connectivity index (χ2n) is 4.48. The van der Waals surface area contributed by atoms with Gasteiger partial charge in [-0.2, -0.15) is 13.2 Å². The molecule has 0 saturated heterocycles. The number of hydrogen-bond donors (Lipinski definition) is 1. The highest BCUT2D eigenvalue weighted by atomic mass is 19.4. The van der Waals surface area contributed by atoms with Crippen LogP contribution in [0.3, 0.4) is 0 Å². The van der Waals surface area contributed by atoms with Gasteiger partial charge in [0.15, 0.2) is 0 Å². The van der Waals surface area contributed by atoms with Crippen molar-refractivity contribution in [3.05, 3.63) is 35.1 Å². The summed E-state index contributed by atoms with van der Waals surface area (Å²) in [6.45, 7) is 0. The van der Waals surface area contributed by atoms with Gasteiger partial charge in [-0.15, -0.1) is 0 Å². The topological polar surface area (TPSA) is 26.0 Å². The van der Waals surface area contributed by atoms with Crippen LogP contribution in [0.2, 0.25) is 0 Å². The van der Waals surface area contributed by atoms with Crippen LogP contribution in [-0.2, 0) is 6.18 Å². The number of nitrogens with two attached hydrogens (primary N) is 1. The van der Waals surface area contributed by atoms with E-state index in [2.05, 4.69) is 0 Å². The molecule has 1 aromatic rings. The Morgan fingerprint density at radius 1 is 1.29 bits per heavy atom. The first-order chi connectivity index (χ1) is 7.89. The van der Waals surface area contributed by atoms with Crippen molar-refractivity contribution >= 4 is 0 Å².